The zero-order valence-electron chi connectivity index (χ0n) is 18.6. The number of morpholine rings is 1. The molecule has 6 nitrogen and oxygen atoms in total. The molecule has 2 aromatic carbocycles. The molecule has 2 aromatic rings. The standard InChI is InChI=1S/C25H35N3O3/c1-2-3-12-26-25(29)28(14-13-27-15-17-30-18-16-27)20-23-10-7-11-24(19-23)31-21-22-8-5-4-6-9-22/h4-11,19H,2-3,12-18,20-21H2,1H3,(H,26,29). The molecule has 0 aliphatic carbocycles. The molecule has 0 aromatic heterocycles. The lowest BCUT2D eigenvalue weighted by Crippen LogP contribution is -2.46. The highest BCUT2D eigenvalue weighted by Crippen LogP contribution is 2.17. The van der Waals surface area contributed by atoms with Crippen molar-refractivity contribution in [2.45, 2.75) is 32.9 Å². The maximum absolute atomic E-state index is 12.8. The molecule has 0 unspecified atom stereocenters. The van der Waals surface area contributed by atoms with E-state index < -0.39 is 0 Å². The van der Waals surface area contributed by atoms with E-state index >= 15 is 0 Å². The molecule has 0 radical (unpaired) electrons. The third kappa shape index (κ3) is 8.23. The van der Waals surface area contributed by atoms with E-state index in [2.05, 4.69) is 35.3 Å². The largest absolute Gasteiger partial charge is 0.489 e. The maximum Gasteiger partial charge on any atom is 0.317 e. The van der Waals surface area contributed by atoms with Gasteiger partial charge in [-0.05, 0) is 29.7 Å². The SMILES string of the molecule is CCCCNC(=O)N(CCN1CCOCC1)Cc1cccc(OCc2ccccc2)c1. The van der Waals surface area contributed by atoms with E-state index in [4.69, 9.17) is 9.47 Å². The Morgan fingerprint density at radius 2 is 1.87 bits per heavy atom. The molecule has 0 spiro atoms. The third-order valence-electron chi connectivity index (χ3n) is 5.40. The third-order valence-corrected chi connectivity index (χ3v) is 5.40. The summed E-state index contributed by atoms with van der Waals surface area (Å²) in [6.07, 6.45) is 2.06. The molecule has 1 saturated heterocycles. The van der Waals surface area contributed by atoms with Crippen LogP contribution in [-0.2, 0) is 17.9 Å². The first kappa shape index (κ1) is 23.1. The molecule has 1 heterocycles. The summed E-state index contributed by atoms with van der Waals surface area (Å²) in [6, 6.07) is 18.2. The van der Waals surface area contributed by atoms with Gasteiger partial charge in [0.25, 0.3) is 0 Å². The first-order valence-electron chi connectivity index (χ1n) is 11.3. The molecule has 168 valence electrons. The normalized spacial score (nSPS) is 14.2. The summed E-state index contributed by atoms with van der Waals surface area (Å²) in [5.41, 5.74) is 2.20. The van der Waals surface area contributed by atoms with E-state index in [1.807, 2.05) is 41.3 Å². The molecule has 0 bridgehead atoms. The van der Waals surface area contributed by atoms with Crippen molar-refractivity contribution in [2.24, 2.45) is 0 Å². The summed E-state index contributed by atoms with van der Waals surface area (Å²) in [6.45, 7) is 8.86. The number of carbonyl (C=O) groups is 1. The van der Waals surface area contributed by atoms with Gasteiger partial charge in [-0.1, -0.05) is 55.8 Å². The number of nitrogens with one attached hydrogen (secondary N) is 1. The quantitative estimate of drug-likeness (QED) is 0.555. The van der Waals surface area contributed by atoms with Gasteiger partial charge in [0.1, 0.15) is 12.4 Å². The highest BCUT2D eigenvalue weighted by Gasteiger charge is 2.17. The van der Waals surface area contributed by atoms with E-state index in [0.29, 0.717) is 26.2 Å². The van der Waals surface area contributed by atoms with Crippen LogP contribution in [0.15, 0.2) is 54.6 Å². The minimum atomic E-state index is -0.00248. The molecule has 1 N–H and O–H groups in total. The predicted octanol–water partition coefficient (Wildman–Crippen LogP) is 3.91. The second kappa shape index (κ2) is 13.0. The molecular weight excluding hydrogens is 390 g/mol. The zero-order chi connectivity index (χ0) is 21.7. The molecule has 0 saturated carbocycles. The molecular formula is C25H35N3O3. The summed E-state index contributed by atoms with van der Waals surface area (Å²) in [5.74, 6) is 0.820. The summed E-state index contributed by atoms with van der Waals surface area (Å²) in [7, 11) is 0. The van der Waals surface area contributed by atoms with Crippen molar-refractivity contribution in [3.8, 4) is 5.75 Å². The number of unbranched alkanes of at least 4 members (excludes halogenated alkanes) is 1. The molecule has 1 fully saturated rings. The number of urea groups is 1. The Bertz CT molecular complexity index is 779. The minimum absolute atomic E-state index is 0.00248. The summed E-state index contributed by atoms with van der Waals surface area (Å²) < 4.78 is 11.4. The Labute approximate surface area is 186 Å². The van der Waals surface area contributed by atoms with Crippen LogP contribution in [0, 0.1) is 0 Å². The van der Waals surface area contributed by atoms with E-state index in [9.17, 15) is 4.79 Å². The van der Waals surface area contributed by atoms with Crippen LogP contribution < -0.4 is 10.1 Å². The molecule has 1 aliphatic rings. The average molecular weight is 426 g/mol. The predicted molar refractivity (Wildman–Crippen MR) is 123 cm³/mol. The molecule has 31 heavy (non-hydrogen) atoms. The van der Waals surface area contributed by atoms with Crippen LogP contribution in [0.2, 0.25) is 0 Å². The second-order valence-electron chi connectivity index (χ2n) is 7.88. The van der Waals surface area contributed by atoms with Gasteiger partial charge < -0.3 is 19.7 Å². The van der Waals surface area contributed by atoms with Gasteiger partial charge in [0, 0.05) is 39.3 Å². The fraction of sp³-hybridized carbons (Fsp3) is 0.480. The molecule has 1 aliphatic heterocycles. The number of rotatable bonds is 11. The topological polar surface area (TPSA) is 54.0 Å². The fourth-order valence-electron chi connectivity index (χ4n) is 3.52. The van der Waals surface area contributed by atoms with Crippen LogP contribution in [0.1, 0.15) is 30.9 Å². The van der Waals surface area contributed by atoms with Crippen molar-refractivity contribution in [1.29, 1.82) is 0 Å². The van der Waals surface area contributed by atoms with Crippen LogP contribution in [0.3, 0.4) is 0 Å². The number of hydrogen-bond donors (Lipinski definition) is 1. The van der Waals surface area contributed by atoms with Gasteiger partial charge >= 0.3 is 6.03 Å². The van der Waals surface area contributed by atoms with Crippen molar-refractivity contribution < 1.29 is 14.3 Å². The number of carbonyl (C=O) groups excluding carboxylic acids is 1. The number of hydrogen-bond acceptors (Lipinski definition) is 4. The van der Waals surface area contributed by atoms with Gasteiger partial charge in [-0.25, -0.2) is 4.79 Å². The first-order valence-corrected chi connectivity index (χ1v) is 11.3. The number of ether oxygens (including phenoxy) is 2. The van der Waals surface area contributed by atoms with Crippen molar-refractivity contribution >= 4 is 6.03 Å². The fourth-order valence-corrected chi connectivity index (χ4v) is 3.52. The van der Waals surface area contributed by atoms with E-state index in [1.54, 1.807) is 0 Å². The van der Waals surface area contributed by atoms with Crippen molar-refractivity contribution in [2.75, 3.05) is 45.9 Å². The second-order valence-corrected chi connectivity index (χ2v) is 7.88. The number of amides is 2. The van der Waals surface area contributed by atoms with Crippen LogP contribution in [0.5, 0.6) is 5.75 Å². The van der Waals surface area contributed by atoms with Gasteiger partial charge in [-0.3, -0.25) is 4.90 Å². The lowest BCUT2D eigenvalue weighted by Gasteiger charge is -2.30. The summed E-state index contributed by atoms with van der Waals surface area (Å²) >= 11 is 0. The van der Waals surface area contributed by atoms with Gasteiger partial charge in [-0.2, -0.15) is 0 Å². The van der Waals surface area contributed by atoms with Gasteiger partial charge in [0.2, 0.25) is 0 Å². The summed E-state index contributed by atoms with van der Waals surface area (Å²) in [4.78, 5) is 17.1. The van der Waals surface area contributed by atoms with Crippen LogP contribution in [0.25, 0.3) is 0 Å². The molecule has 2 amide bonds. The van der Waals surface area contributed by atoms with Gasteiger partial charge in [-0.15, -0.1) is 0 Å². The van der Waals surface area contributed by atoms with E-state index in [-0.39, 0.29) is 6.03 Å². The van der Waals surface area contributed by atoms with Crippen molar-refractivity contribution in [1.82, 2.24) is 15.1 Å². The van der Waals surface area contributed by atoms with E-state index in [0.717, 1.165) is 62.6 Å². The average Bonchev–Trinajstić information content (AvgIpc) is 2.82. The maximum atomic E-state index is 12.8. The monoisotopic (exact) mass is 425 g/mol. The molecule has 6 heteroatoms. The molecule has 3 rings (SSSR count). The Morgan fingerprint density at radius 1 is 1.10 bits per heavy atom. The number of nitrogens with zero attached hydrogens (tertiary/aromatic N) is 2. The lowest BCUT2D eigenvalue weighted by atomic mass is 10.2. The Morgan fingerprint density at radius 3 is 2.65 bits per heavy atom. The highest BCUT2D eigenvalue weighted by molar-refractivity contribution is 5.74. The Kier molecular flexibility index (Phi) is 9.67. The number of benzene rings is 2. The summed E-state index contributed by atoms with van der Waals surface area (Å²) in [5, 5.41) is 3.07. The smallest absolute Gasteiger partial charge is 0.317 e. The zero-order valence-corrected chi connectivity index (χ0v) is 18.6. The minimum Gasteiger partial charge on any atom is -0.489 e. The van der Waals surface area contributed by atoms with Crippen molar-refractivity contribution in [3.05, 3.63) is 65.7 Å². The van der Waals surface area contributed by atoms with E-state index in [1.165, 1.54) is 0 Å². The van der Waals surface area contributed by atoms with Crippen LogP contribution in [0.4, 0.5) is 4.79 Å². The highest BCUT2D eigenvalue weighted by atomic mass is 16.5. The van der Waals surface area contributed by atoms with Crippen LogP contribution in [-0.4, -0.2) is 61.8 Å². The van der Waals surface area contributed by atoms with Crippen molar-refractivity contribution in [3.63, 3.8) is 0 Å². The Hall–Kier alpha value is -2.57. The van der Waals surface area contributed by atoms with Crippen LogP contribution >= 0.6 is 0 Å². The first-order chi connectivity index (χ1) is 15.2. The van der Waals surface area contributed by atoms with Gasteiger partial charge in [0.05, 0.1) is 13.2 Å². The molecule has 0 atom stereocenters. The van der Waals surface area contributed by atoms with Gasteiger partial charge in [0.15, 0.2) is 0 Å². The lowest BCUT2D eigenvalue weighted by molar-refractivity contribution is 0.0346. The Balaban J connectivity index is 1.59.